The second-order valence-electron chi connectivity index (χ2n) is 5.51. The van der Waals surface area contributed by atoms with Gasteiger partial charge in [0.05, 0.1) is 10.9 Å². The Hall–Kier alpha value is -1.95. The number of benzene rings is 1. The fourth-order valence-electron chi connectivity index (χ4n) is 2.87. The molecule has 0 saturated carbocycles. The standard InChI is InChI=1S/C15H17N3O2S/c1-9-4-2-3-7-18(9)14(20)10-5-6-11-12(8-10)16-15(21)17-13(11)19/h5-6,8-9H,2-4,7H2,1H3,(H2,16,17,19,21)/t9-/m1/s1. The summed E-state index contributed by atoms with van der Waals surface area (Å²) < 4.78 is 0.267. The van der Waals surface area contributed by atoms with Crippen molar-refractivity contribution in [3.63, 3.8) is 0 Å². The summed E-state index contributed by atoms with van der Waals surface area (Å²) >= 11 is 4.97. The molecule has 0 aliphatic carbocycles. The van der Waals surface area contributed by atoms with E-state index in [2.05, 4.69) is 16.9 Å². The zero-order chi connectivity index (χ0) is 15.0. The molecule has 1 saturated heterocycles. The number of likely N-dealkylation sites (tertiary alicyclic amines) is 1. The Balaban J connectivity index is 2.02. The summed E-state index contributed by atoms with van der Waals surface area (Å²) in [5.41, 5.74) is 0.950. The minimum absolute atomic E-state index is 0.0173. The van der Waals surface area contributed by atoms with Crippen molar-refractivity contribution in [2.75, 3.05) is 6.54 Å². The maximum absolute atomic E-state index is 12.6. The van der Waals surface area contributed by atoms with Crippen LogP contribution in [0.4, 0.5) is 0 Å². The Labute approximate surface area is 127 Å². The van der Waals surface area contributed by atoms with E-state index in [-0.39, 0.29) is 22.3 Å². The molecule has 5 nitrogen and oxygen atoms in total. The molecule has 1 fully saturated rings. The maximum atomic E-state index is 12.6. The summed E-state index contributed by atoms with van der Waals surface area (Å²) in [4.78, 5) is 31.8. The van der Waals surface area contributed by atoms with Gasteiger partial charge < -0.3 is 9.88 Å². The number of nitrogens with zero attached hydrogens (tertiary/aromatic N) is 1. The first-order chi connectivity index (χ1) is 10.1. The van der Waals surface area contributed by atoms with Crippen molar-refractivity contribution in [1.29, 1.82) is 0 Å². The molecule has 0 spiro atoms. The van der Waals surface area contributed by atoms with Crippen molar-refractivity contribution >= 4 is 29.0 Å². The Kier molecular flexibility index (Phi) is 3.63. The van der Waals surface area contributed by atoms with Gasteiger partial charge in [-0.3, -0.25) is 14.6 Å². The second kappa shape index (κ2) is 5.44. The quantitative estimate of drug-likeness (QED) is 0.796. The lowest BCUT2D eigenvalue weighted by Crippen LogP contribution is -2.42. The first kappa shape index (κ1) is 14.0. The van der Waals surface area contributed by atoms with Gasteiger partial charge in [0, 0.05) is 18.2 Å². The van der Waals surface area contributed by atoms with Crippen LogP contribution in [0.5, 0.6) is 0 Å². The number of hydrogen-bond donors (Lipinski definition) is 2. The van der Waals surface area contributed by atoms with Gasteiger partial charge in [0.25, 0.3) is 11.5 Å². The lowest BCUT2D eigenvalue weighted by Gasteiger charge is -2.33. The summed E-state index contributed by atoms with van der Waals surface area (Å²) in [7, 11) is 0. The third kappa shape index (κ3) is 2.63. The Bertz CT molecular complexity index is 808. The molecule has 1 aliphatic rings. The Morgan fingerprint density at radius 1 is 1.33 bits per heavy atom. The number of H-pyrrole nitrogens is 2. The van der Waals surface area contributed by atoms with Crippen LogP contribution in [-0.4, -0.2) is 33.4 Å². The molecule has 0 bridgehead atoms. The highest BCUT2D eigenvalue weighted by atomic mass is 32.1. The molecule has 2 N–H and O–H groups in total. The third-order valence-corrected chi connectivity index (χ3v) is 4.25. The smallest absolute Gasteiger partial charge is 0.259 e. The van der Waals surface area contributed by atoms with E-state index < -0.39 is 0 Å². The van der Waals surface area contributed by atoms with Crippen LogP contribution in [0.2, 0.25) is 0 Å². The second-order valence-corrected chi connectivity index (χ2v) is 5.92. The maximum Gasteiger partial charge on any atom is 0.259 e. The molecule has 2 aromatic rings. The van der Waals surface area contributed by atoms with Gasteiger partial charge in [0.15, 0.2) is 4.77 Å². The van der Waals surface area contributed by atoms with Crippen LogP contribution in [0.15, 0.2) is 23.0 Å². The topological polar surface area (TPSA) is 69.0 Å². The highest BCUT2D eigenvalue weighted by Crippen LogP contribution is 2.20. The number of aromatic amines is 2. The third-order valence-electron chi connectivity index (χ3n) is 4.05. The number of fused-ring (bicyclic) bond motifs is 1. The van der Waals surface area contributed by atoms with Gasteiger partial charge in [0.2, 0.25) is 0 Å². The van der Waals surface area contributed by atoms with Gasteiger partial charge >= 0.3 is 0 Å². The highest BCUT2D eigenvalue weighted by molar-refractivity contribution is 7.71. The molecule has 110 valence electrons. The summed E-state index contributed by atoms with van der Waals surface area (Å²) in [6.07, 6.45) is 3.26. The highest BCUT2D eigenvalue weighted by Gasteiger charge is 2.24. The van der Waals surface area contributed by atoms with E-state index >= 15 is 0 Å². The fraction of sp³-hybridized carbons (Fsp3) is 0.400. The molecule has 1 aliphatic heterocycles. The fourth-order valence-corrected chi connectivity index (χ4v) is 3.07. The number of rotatable bonds is 1. The molecule has 2 heterocycles. The predicted octanol–water partition coefficient (Wildman–Crippen LogP) is 2.60. The molecule has 6 heteroatoms. The van der Waals surface area contributed by atoms with Gasteiger partial charge in [-0.25, -0.2) is 0 Å². The van der Waals surface area contributed by atoms with E-state index in [1.807, 2.05) is 4.90 Å². The number of amides is 1. The van der Waals surface area contributed by atoms with Crippen LogP contribution in [0.3, 0.4) is 0 Å². The lowest BCUT2D eigenvalue weighted by molar-refractivity contribution is 0.0636. The van der Waals surface area contributed by atoms with Crippen molar-refractivity contribution in [3.8, 4) is 0 Å². The van der Waals surface area contributed by atoms with E-state index in [9.17, 15) is 9.59 Å². The van der Waals surface area contributed by atoms with Gasteiger partial charge in [-0.2, -0.15) is 0 Å². The number of piperidine rings is 1. The first-order valence-corrected chi connectivity index (χ1v) is 7.54. The number of hydrogen-bond acceptors (Lipinski definition) is 3. The van der Waals surface area contributed by atoms with E-state index in [0.29, 0.717) is 16.5 Å². The first-order valence-electron chi connectivity index (χ1n) is 7.13. The number of nitrogens with one attached hydrogen (secondary N) is 2. The number of carbonyl (C=O) groups is 1. The summed E-state index contributed by atoms with van der Waals surface area (Å²) in [6.45, 7) is 2.87. The molecule has 1 aromatic carbocycles. The average molecular weight is 303 g/mol. The Morgan fingerprint density at radius 2 is 2.14 bits per heavy atom. The molecule has 3 rings (SSSR count). The minimum Gasteiger partial charge on any atom is -0.336 e. The van der Waals surface area contributed by atoms with Crippen LogP contribution in [0, 0.1) is 4.77 Å². The molecular weight excluding hydrogens is 286 g/mol. The summed E-state index contributed by atoms with van der Waals surface area (Å²) in [5.74, 6) is 0.0173. The minimum atomic E-state index is -0.237. The van der Waals surface area contributed by atoms with E-state index in [1.165, 1.54) is 6.42 Å². The van der Waals surface area contributed by atoms with E-state index in [4.69, 9.17) is 12.2 Å². The SMILES string of the molecule is C[C@@H]1CCCCN1C(=O)c1ccc2c(=O)[nH]c(=S)[nH]c2c1. The van der Waals surface area contributed by atoms with Crippen LogP contribution in [0.1, 0.15) is 36.5 Å². The van der Waals surface area contributed by atoms with Crippen molar-refractivity contribution in [2.24, 2.45) is 0 Å². The normalized spacial score (nSPS) is 18.9. The van der Waals surface area contributed by atoms with Crippen LogP contribution in [-0.2, 0) is 0 Å². The van der Waals surface area contributed by atoms with E-state index in [0.717, 1.165) is 19.4 Å². The average Bonchev–Trinajstić information content (AvgIpc) is 2.46. The molecule has 1 atom stereocenters. The van der Waals surface area contributed by atoms with Crippen molar-refractivity contribution < 1.29 is 4.79 Å². The molecule has 21 heavy (non-hydrogen) atoms. The monoisotopic (exact) mass is 303 g/mol. The molecule has 1 amide bonds. The molecule has 1 aromatic heterocycles. The molecule has 0 unspecified atom stereocenters. The van der Waals surface area contributed by atoms with Gasteiger partial charge in [-0.05, 0) is 56.6 Å². The summed E-state index contributed by atoms with van der Waals surface area (Å²) in [6, 6.07) is 5.35. The predicted molar refractivity (Wildman–Crippen MR) is 84.1 cm³/mol. The van der Waals surface area contributed by atoms with Gasteiger partial charge in [0.1, 0.15) is 0 Å². The molecular formula is C15H17N3O2S. The zero-order valence-corrected chi connectivity index (χ0v) is 12.6. The van der Waals surface area contributed by atoms with Gasteiger partial charge in [-0.1, -0.05) is 0 Å². The lowest BCUT2D eigenvalue weighted by atomic mass is 10.0. The largest absolute Gasteiger partial charge is 0.336 e. The van der Waals surface area contributed by atoms with Crippen LogP contribution >= 0.6 is 12.2 Å². The zero-order valence-electron chi connectivity index (χ0n) is 11.8. The number of carbonyl (C=O) groups excluding carboxylic acids is 1. The number of aromatic nitrogens is 2. The van der Waals surface area contributed by atoms with Crippen LogP contribution < -0.4 is 5.56 Å². The molecule has 0 radical (unpaired) electrons. The van der Waals surface area contributed by atoms with Crippen molar-refractivity contribution in [3.05, 3.63) is 38.9 Å². The van der Waals surface area contributed by atoms with E-state index in [1.54, 1.807) is 18.2 Å². The van der Waals surface area contributed by atoms with Crippen molar-refractivity contribution in [2.45, 2.75) is 32.2 Å². The van der Waals surface area contributed by atoms with Gasteiger partial charge in [-0.15, -0.1) is 0 Å². The summed E-state index contributed by atoms with van der Waals surface area (Å²) in [5, 5.41) is 0.506. The Morgan fingerprint density at radius 3 is 2.90 bits per heavy atom. The van der Waals surface area contributed by atoms with Crippen molar-refractivity contribution in [1.82, 2.24) is 14.9 Å². The van der Waals surface area contributed by atoms with Crippen LogP contribution in [0.25, 0.3) is 10.9 Å².